The van der Waals surface area contributed by atoms with Gasteiger partial charge in [0.25, 0.3) is 0 Å². The largest absolute Gasteiger partial charge is 0.490 e. The summed E-state index contributed by atoms with van der Waals surface area (Å²) in [6, 6.07) is 0. The molecule has 1 atom stereocenters. The number of esters is 1. The fourth-order valence-corrected chi connectivity index (χ4v) is 3.06. The molecular formula is C17H24F3N3O4. The van der Waals surface area contributed by atoms with Crippen molar-refractivity contribution in [1.82, 2.24) is 14.5 Å². The van der Waals surface area contributed by atoms with Gasteiger partial charge in [0.15, 0.2) is 0 Å². The molecule has 0 bridgehead atoms. The van der Waals surface area contributed by atoms with Gasteiger partial charge in [-0.3, -0.25) is 9.69 Å². The number of aliphatic carboxylic acids is 1. The molecule has 0 spiro atoms. The predicted octanol–water partition coefficient (Wildman–Crippen LogP) is 2.41. The Balaban J connectivity index is 0.000000321. The standard InChI is InChI=1S/C15H23N3O2.C2HF3O2/c1-3-18-10-16-13-9-17(7-11-5-6-11)8-12(14(13)18)15(19)20-4-2;3-2(4,5)1(6)7/h10-12H,3-9H2,1-2H3;(H,6,7). The SMILES string of the molecule is CCOC(=O)C1CN(CC2CC2)Cc2ncn(CC)c21.O=C(O)C(F)(F)F. The Morgan fingerprint density at radius 3 is 2.44 bits per heavy atom. The number of aromatic nitrogens is 2. The second-order valence-electron chi connectivity index (χ2n) is 6.61. The number of carbonyl (C=O) groups is 2. The van der Waals surface area contributed by atoms with E-state index in [1.807, 2.05) is 13.3 Å². The molecule has 1 unspecified atom stereocenters. The van der Waals surface area contributed by atoms with Crippen molar-refractivity contribution in [3.05, 3.63) is 17.7 Å². The van der Waals surface area contributed by atoms with E-state index in [1.165, 1.54) is 12.8 Å². The Morgan fingerprint density at radius 1 is 1.33 bits per heavy atom. The van der Waals surface area contributed by atoms with Crippen LogP contribution in [0, 0.1) is 5.92 Å². The van der Waals surface area contributed by atoms with Gasteiger partial charge in [-0.1, -0.05) is 0 Å². The molecule has 1 saturated carbocycles. The molecule has 0 radical (unpaired) electrons. The minimum atomic E-state index is -5.08. The van der Waals surface area contributed by atoms with Crippen molar-refractivity contribution in [2.45, 2.75) is 51.9 Å². The fraction of sp³-hybridized carbons (Fsp3) is 0.706. The van der Waals surface area contributed by atoms with Crippen molar-refractivity contribution in [2.24, 2.45) is 5.92 Å². The first kappa shape index (κ1) is 21.2. The molecule has 1 fully saturated rings. The maximum Gasteiger partial charge on any atom is 0.490 e. The second kappa shape index (κ2) is 8.73. The summed E-state index contributed by atoms with van der Waals surface area (Å²) in [5.74, 6) is -2.22. The minimum Gasteiger partial charge on any atom is -0.475 e. The second-order valence-corrected chi connectivity index (χ2v) is 6.61. The Kier molecular flexibility index (Phi) is 6.85. The zero-order valence-corrected chi connectivity index (χ0v) is 15.3. The van der Waals surface area contributed by atoms with Gasteiger partial charge in [0.05, 0.1) is 24.3 Å². The van der Waals surface area contributed by atoms with Crippen LogP contribution >= 0.6 is 0 Å². The molecule has 1 aliphatic heterocycles. The summed E-state index contributed by atoms with van der Waals surface area (Å²) < 4.78 is 39.1. The Morgan fingerprint density at radius 2 is 1.96 bits per heavy atom. The molecule has 10 heteroatoms. The van der Waals surface area contributed by atoms with E-state index in [9.17, 15) is 18.0 Å². The summed E-state index contributed by atoms with van der Waals surface area (Å²) in [4.78, 5) is 28.1. The molecule has 152 valence electrons. The highest BCUT2D eigenvalue weighted by Gasteiger charge is 2.38. The number of halogens is 3. The van der Waals surface area contributed by atoms with Crippen molar-refractivity contribution in [3.8, 4) is 0 Å². The van der Waals surface area contributed by atoms with Crippen molar-refractivity contribution in [2.75, 3.05) is 19.7 Å². The Hall–Kier alpha value is -2.10. The quantitative estimate of drug-likeness (QED) is 0.776. The predicted molar refractivity (Wildman–Crippen MR) is 89.0 cm³/mol. The lowest BCUT2D eigenvalue weighted by Gasteiger charge is -2.32. The van der Waals surface area contributed by atoms with Crippen molar-refractivity contribution in [3.63, 3.8) is 0 Å². The van der Waals surface area contributed by atoms with Crippen molar-refractivity contribution < 1.29 is 32.6 Å². The number of fused-ring (bicyclic) bond motifs is 1. The number of carboxylic acid groups (broad SMARTS) is 1. The van der Waals surface area contributed by atoms with E-state index in [0.29, 0.717) is 6.61 Å². The van der Waals surface area contributed by atoms with E-state index in [1.54, 1.807) is 0 Å². The average Bonchev–Trinajstić information content (AvgIpc) is 3.30. The summed E-state index contributed by atoms with van der Waals surface area (Å²) in [6.45, 7) is 7.97. The number of carbonyl (C=O) groups excluding carboxylic acids is 1. The highest BCUT2D eigenvalue weighted by molar-refractivity contribution is 5.78. The Bertz CT molecular complexity index is 671. The molecule has 1 aromatic rings. The molecule has 0 aromatic carbocycles. The van der Waals surface area contributed by atoms with Gasteiger partial charge in [-0.2, -0.15) is 13.2 Å². The smallest absolute Gasteiger partial charge is 0.475 e. The van der Waals surface area contributed by atoms with Gasteiger partial charge in [0, 0.05) is 26.2 Å². The van der Waals surface area contributed by atoms with Crippen LogP contribution in [0.5, 0.6) is 0 Å². The number of carboxylic acids is 1. The van der Waals surface area contributed by atoms with Crippen LogP contribution in [-0.4, -0.2) is 57.4 Å². The summed E-state index contributed by atoms with van der Waals surface area (Å²) in [5, 5.41) is 7.12. The highest BCUT2D eigenvalue weighted by atomic mass is 19.4. The van der Waals surface area contributed by atoms with Gasteiger partial charge in [0.2, 0.25) is 0 Å². The van der Waals surface area contributed by atoms with Gasteiger partial charge >= 0.3 is 18.1 Å². The number of hydrogen-bond donors (Lipinski definition) is 1. The molecule has 27 heavy (non-hydrogen) atoms. The van der Waals surface area contributed by atoms with Crippen LogP contribution in [-0.2, 0) is 27.4 Å². The third-order valence-corrected chi connectivity index (χ3v) is 4.47. The van der Waals surface area contributed by atoms with Gasteiger partial charge in [-0.05, 0) is 32.6 Å². The number of ether oxygens (including phenoxy) is 1. The lowest BCUT2D eigenvalue weighted by atomic mass is 9.98. The van der Waals surface area contributed by atoms with Crippen LogP contribution in [0.15, 0.2) is 6.33 Å². The van der Waals surface area contributed by atoms with E-state index >= 15 is 0 Å². The van der Waals surface area contributed by atoms with Gasteiger partial charge in [-0.15, -0.1) is 0 Å². The number of rotatable bonds is 5. The van der Waals surface area contributed by atoms with Crippen LogP contribution in [0.1, 0.15) is 44.0 Å². The molecular weight excluding hydrogens is 367 g/mol. The molecule has 1 N–H and O–H groups in total. The number of imidazole rings is 1. The van der Waals surface area contributed by atoms with E-state index in [-0.39, 0.29) is 11.9 Å². The molecule has 3 rings (SSSR count). The van der Waals surface area contributed by atoms with Gasteiger partial charge in [0.1, 0.15) is 5.92 Å². The number of nitrogens with zero attached hydrogens (tertiary/aromatic N) is 3. The first-order valence-corrected chi connectivity index (χ1v) is 8.90. The highest BCUT2D eigenvalue weighted by Crippen LogP contribution is 2.34. The van der Waals surface area contributed by atoms with Crippen LogP contribution < -0.4 is 0 Å². The van der Waals surface area contributed by atoms with Crippen molar-refractivity contribution >= 4 is 11.9 Å². The lowest BCUT2D eigenvalue weighted by molar-refractivity contribution is -0.192. The van der Waals surface area contributed by atoms with E-state index in [4.69, 9.17) is 14.6 Å². The number of alkyl halides is 3. The normalized spacial score (nSPS) is 19.7. The zero-order valence-electron chi connectivity index (χ0n) is 15.3. The first-order chi connectivity index (χ1) is 12.7. The van der Waals surface area contributed by atoms with Crippen molar-refractivity contribution in [1.29, 1.82) is 0 Å². The van der Waals surface area contributed by atoms with Crippen LogP contribution in [0.25, 0.3) is 0 Å². The van der Waals surface area contributed by atoms with E-state index in [0.717, 1.165) is 43.5 Å². The summed E-state index contributed by atoms with van der Waals surface area (Å²) in [7, 11) is 0. The molecule has 2 aliphatic rings. The molecule has 2 heterocycles. The van der Waals surface area contributed by atoms with E-state index < -0.39 is 12.1 Å². The maximum absolute atomic E-state index is 12.3. The third-order valence-electron chi connectivity index (χ3n) is 4.47. The minimum absolute atomic E-state index is 0.107. The zero-order chi connectivity index (χ0) is 20.2. The number of hydrogen-bond acceptors (Lipinski definition) is 5. The Labute approximate surface area is 155 Å². The third kappa shape index (κ3) is 5.69. The molecule has 0 amide bonds. The monoisotopic (exact) mass is 391 g/mol. The molecule has 7 nitrogen and oxygen atoms in total. The van der Waals surface area contributed by atoms with Crippen LogP contribution in [0.4, 0.5) is 13.2 Å². The fourth-order valence-electron chi connectivity index (χ4n) is 3.06. The summed E-state index contributed by atoms with van der Waals surface area (Å²) >= 11 is 0. The summed E-state index contributed by atoms with van der Waals surface area (Å²) in [6.07, 6.45) is -0.564. The van der Waals surface area contributed by atoms with Gasteiger partial charge < -0.3 is 14.4 Å². The van der Waals surface area contributed by atoms with Crippen LogP contribution in [0.2, 0.25) is 0 Å². The van der Waals surface area contributed by atoms with Gasteiger partial charge in [-0.25, -0.2) is 9.78 Å². The first-order valence-electron chi connectivity index (χ1n) is 8.90. The number of aryl methyl sites for hydroxylation is 1. The van der Waals surface area contributed by atoms with E-state index in [2.05, 4.69) is 21.4 Å². The molecule has 1 aromatic heterocycles. The average molecular weight is 391 g/mol. The molecule has 0 saturated heterocycles. The molecule has 1 aliphatic carbocycles. The van der Waals surface area contributed by atoms with Crippen LogP contribution in [0.3, 0.4) is 0 Å². The topological polar surface area (TPSA) is 84.7 Å². The summed E-state index contributed by atoms with van der Waals surface area (Å²) in [5.41, 5.74) is 2.12. The maximum atomic E-state index is 12.3. The lowest BCUT2D eigenvalue weighted by Crippen LogP contribution is -2.39.